The highest BCUT2D eigenvalue weighted by atomic mass is 35.5. The van der Waals surface area contributed by atoms with Gasteiger partial charge in [-0.2, -0.15) is 5.10 Å². The fourth-order valence-electron chi connectivity index (χ4n) is 3.18. The van der Waals surface area contributed by atoms with Crippen molar-refractivity contribution in [2.45, 2.75) is 57.9 Å². The van der Waals surface area contributed by atoms with Crippen LogP contribution in [0, 0.1) is 6.92 Å². The molecule has 0 saturated heterocycles. The minimum atomic E-state index is 0.554. The zero-order valence-corrected chi connectivity index (χ0v) is 12.5. The standard InChI is InChI=1S/C14H24ClN3/c1-4-18(12-8-6-5-7-9-12)14-13(10-15)11(2)16-17(14)3/h12H,4-10H2,1-3H3. The molecule has 4 heteroatoms. The molecule has 0 aromatic carbocycles. The number of nitrogens with zero attached hydrogens (tertiary/aromatic N) is 3. The molecule has 1 saturated carbocycles. The Bertz CT molecular complexity index is 394. The highest BCUT2D eigenvalue weighted by molar-refractivity contribution is 6.17. The van der Waals surface area contributed by atoms with E-state index in [2.05, 4.69) is 23.8 Å². The zero-order valence-electron chi connectivity index (χ0n) is 11.7. The third kappa shape index (κ3) is 2.51. The highest BCUT2D eigenvalue weighted by Gasteiger charge is 2.25. The van der Waals surface area contributed by atoms with Crippen LogP contribution >= 0.6 is 11.6 Å². The number of aromatic nitrogens is 2. The lowest BCUT2D eigenvalue weighted by atomic mass is 9.94. The second-order valence-electron chi connectivity index (χ2n) is 5.22. The van der Waals surface area contributed by atoms with Gasteiger partial charge in [-0.05, 0) is 26.7 Å². The van der Waals surface area contributed by atoms with Crippen molar-refractivity contribution in [1.29, 1.82) is 0 Å². The van der Waals surface area contributed by atoms with Crippen molar-refractivity contribution in [3.05, 3.63) is 11.3 Å². The van der Waals surface area contributed by atoms with E-state index in [1.54, 1.807) is 0 Å². The minimum absolute atomic E-state index is 0.554. The maximum absolute atomic E-state index is 6.11. The third-order valence-electron chi connectivity index (χ3n) is 4.08. The Kier molecular flexibility index (Phi) is 4.55. The first kappa shape index (κ1) is 13.7. The normalized spacial score (nSPS) is 17.1. The molecule has 0 amide bonds. The Morgan fingerprint density at radius 3 is 2.56 bits per heavy atom. The van der Waals surface area contributed by atoms with E-state index >= 15 is 0 Å². The molecular weight excluding hydrogens is 246 g/mol. The Balaban J connectivity index is 2.31. The summed E-state index contributed by atoms with van der Waals surface area (Å²) in [6.45, 7) is 5.32. The third-order valence-corrected chi connectivity index (χ3v) is 4.34. The Morgan fingerprint density at radius 2 is 2.00 bits per heavy atom. The van der Waals surface area contributed by atoms with E-state index in [4.69, 9.17) is 11.6 Å². The molecule has 18 heavy (non-hydrogen) atoms. The monoisotopic (exact) mass is 269 g/mol. The Hall–Kier alpha value is -0.700. The van der Waals surface area contributed by atoms with Gasteiger partial charge in [0.1, 0.15) is 5.82 Å². The number of halogens is 1. The molecule has 0 atom stereocenters. The van der Waals surface area contributed by atoms with Crippen LogP contribution in [-0.2, 0) is 12.9 Å². The van der Waals surface area contributed by atoms with Crippen LogP contribution in [0.2, 0.25) is 0 Å². The van der Waals surface area contributed by atoms with Crippen molar-refractivity contribution in [2.75, 3.05) is 11.4 Å². The van der Waals surface area contributed by atoms with Gasteiger partial charge in [-0.25, -0.2) is 0 Å². The van der Waals surface area contributed by atoms with Crippen LogP contribution in [0.5, 0.6) is 0 Å². The first-order valence-corrected chi connectivity index (χ1v) is 7.57. The zero-order chi connectivity index (χ0) is 13.1. The molecule has 0 unspecified atom stereocenters. The minimum Gasteiger partial charge on any atom is -0.354 e. The molecule has 3 nitrogen and oxygen atoms in total. The lowest BCUT2D eigenvalue weighted by Crippen LogP contribution is -2.38. The second kappa shape index (κ2) is 5.96. The summed E-state index contributed by atoms with van der Waals surface area (Å²) in [5, 5.41) is 4.54. The summed E-state index contributed by atoms with van der Waals surface area (Å²) >= 11 is 6.11. The fraction of sp³-hybridized carbons (Fsp3) is 0.786. The molecule has 0 radical (unpaired) electrons. The van der Waals surface area contributed by atoms with Crippen LogP contribution < -0.4 is 4.90 Å². The van der Waals surface area contributed by atoms with E-state index < -0.39 is 0 Å². The molecule has 0 aliphatic heterocycles. The number of rotatable bonds is 4. The Morgan fingerprint density at radius 1 is 1.33 bits per heavy atom. The quantitative estimate of drug-likeness (QED) is 0.779. The maximum Gasteiger partial charge on any atom is 0.131 e. The van der Waals surface area contributed by atoms with Gasteiger partial charge in [0.05, 0.1) is 11.6 Å². The average molecular weight is 270 g/mol. The van der Waals surface area contributed by atoms with Gasteiger partial charge in [-0.3, -0.25) is 4.68 Å². The summed E-state index contributed by atoms with van der Waals surface area (Å²) in [6, 6.07) is 0.667. The van der Waals surface area contributed by atoms with Crippen LogP contribution in [0.3, 0.4) is 0 Å². The summed E-state index contributed by atoms with van der Waals surface area (Å²) in [6.07, 6.45) is 6.71. The van der Waals surface area contributed by atoms with E-state index in [9.17, 15) is 0 Å². The van der Waals surface area contributed by atoms with Gasteiger partial charge in [-0.15, -0.1) is 11.6 Å². The molecule has 1 aromatic rings. The van der Waals surface area contributed by atoms with Crippen molar-refractivity contribution in [3.8, 4) is 0 Å². The van der Waals surface area contributed by atoms with Crippen molar-refractivity contribution >= 4 is 17.4 Å². The highest BCUT2D eigenvalue weighted by Crippen LogP contribution is 2.31. The van der Waals surface area contributed by atoms with Crippen molar-refractivity contribution in [1.82, 2.24) is 9.78 Å². The van der Waals surface area contributed by atoms with E-state index in [-0.39, 0.29) is 0 Å². The Labute approximate surface area is 115 Å². The summed E-state index contributed by atoms with van der Waals surface area (Å²) < 4.78 is 2.01. The molecule has 102 valence electrons. The molecule has 0 N–H and O–H groups in total. The van der Waals surface area contributed by atoms with Gasteiger partial charge in [-0.1, -0.05) is 19.3 Å². The SMILES string of the molecule is CCN(c1c(CCl)c(C)nn1C)C1CCCCC1. The average Bonchev–Trinajstić information content (AvgIpc) is 2.66. The fourth-order valence-corrected chi connectivity index (χ4v) is 3.49. The van der Waals surface area contributed by atoms with E-state index in [1.165, 1.54) is 43.5 Å². The van der Waals surface area contributed by atoms with Gasteiger partial charge in [0.2, 0.25) is 0 Å². The van der Waals surface area contributed by atoms with Gasteiger partial charge in [0, 0.05) is 25.2 Å². The predicted molar refractivity (Wildman–Crippen MR) is 77.4 cm³/mol. The first-order chi connectivity index (χ1) is 8.69. The number of hydrogen-bond acceptors (Lipinski definition) is 2. The molecule has 1 aliphatic carbocycles. The second-order valence-corrected chi connectivity index (χ2v) is 5.49. The first-order valence-electron chi connectivity index (χ1n) is 7.04. The van der Waals surface area contributed by atoms with E-state index in [1.807, 2.05) is 11.7 Å². The number of anilines is 1. The van der Waals surface area contributed by atoms with Crippen LogP contribution in [0.4, 0.5) is 5.82 Å². The smallest absolute Gasteiger partial charge is 0.131 e. The molecule has 1 aliphatic rings. The molecule has 1 aromatic heterocycles. The van der Waals surface area contributed by atoms with Crippen molar-refractivity contribution in [2.24, 2.45) is 7.05 Å². The topological polar surface area (TPSA) is 21.1 Å². The molecule has 0 spiro atoms. The maximum atomic E-state index is 6.11. The number of hydrogen-bond donors (Lipinski definition) is 0. The van der Waals surface area contributed by atoms with Gasteiger partial charge in [0.25, 0.3) is 0 Å². The number of aryl methyl sites for hydroxylation is 2. The van der Waals surface area contributed by atoms with E-state index in [0.29, 0.717) is 11.9 Å². The molecule has 2 rings (SSSR count). The van der Waals surface area contributed by atoms with Crippen LogP contribution in [0.25, 0.3) is 0 Å². The molecule has 1 fully saturated rings. The van der Waals surface area contributed by atoms with Gasteiger partial charge in [0.15, 0.2) is 0 Å². The van der Waals surface area contributed by atoms with Crippen LogP contribution in [0.15, 0.2) is 0 Å². The van der Waals surface area contributed by atoms with Crippen LogP contribution in [0.1, 0.15) is 50.3 Å². The summed E-state index contributed by atoms with van der Waals surface area (Å²) in [5.74, 6) is 1.79. The number of alkyl halides is 1. The van der Waals surface area contributed by atoms with E-state index in [0.717, 1.165) is 12.2 Å². The van der Waals surface area contributed by atoms with Gasteiger partial charge >= 0.3 is 0 Å². The van der Waals surface area contributed by atoms with Gasteiger partial charge < -0.3 is 4.90 Å². The molecule has 0 bridgehead atoms. The lowest BCUT2D eigenvalue weighted by molar-refractivity contribution is 0.412. The largest absolute Gasteiger partial charge is 0.354 e. The predicted octanol–water partition coefficient (Wildman–Crippen LogP) is 3.63. The molecule has 1 heterocycles. The molecular formula is C14H24ClN3. The van der Waals surface area contributed by atoms with Crippen LogP contribution in [-0.4, -0.2) is 22.4 Å². The summed E-state index contributed by atoms with van der Waals surface area (Å²) in [4.78, 5) is 2.51. The summed E-state index contributed by atoms with van der Waals surface area (Å²) in [5.41, 5.74) is 2.27. The van der Waals surface area contributed by atoms with Crippen molar-refractivity contribution < 1.29 is 0 Å². The van der Waals surface area contributed by atoms with Crippen molar-refractivity contribution in [3.63, 3.8) is 0 Å². The lowest BCUT2D eigenvalue weighted by Gasteiger charge is -2.35. The summed E-state index contributed by atoms with van der Waals surface area (Å²) in [7, 11) is 2.03.